The van der Waals surface area contributed by atoms with Crippen LogP contribution >= 0.6 is 0 Å². The Hall–Kier alpha value is -4.17. The lowest BCUT2D eigenvalue weighted by molar-refractivity contribution is -0.110. The van der Waals surface area contributed by atoms with Gasteiger partial charge in [-0.1, -0.05) is 37.3 Å². The second-order valence-corrected chi connectivity index (χ2v) is 10.9. The Morgan fingerprint density at radius 3 is 2.62 bits per heavy atom. The summed E-state index contributed by atoms with van der Waals surface area (Å²) in [6.45, 7) is 7.68. The third kappa shape index (κ3) is 5.58. The van der Waals surface area contributed by atoms with Crippen LogP contribution in [0.1, 0.15) is 81.0 Å². The molecule has 5 rings (SSSR count). The molecule has 1 fully saturated rings. The number of aromatic nitrogens is 1. The molecule has 2 aliphatic rings. The normalized spacial score (nSPS) is 18.8. The Kier molecular flexibility index (Phi) is 7.89. The van der Waals surface area contributed by atoms with Gasteiger partial charge in [0.25, 0.3) is 17.7 Å². The number of hydrogen-bond acceptors (Lipinski definition) is 4. The maximum Gasteiger partial charge on any atom is 0.256 e. The zero-order valence-electron chi connectivity index (χ0n) is 23.6. The molecule has 2 unspecified atom stereocenters. The number of hydrogen-bond donors (Lipinski definition) is 4. The second-order valence-electron chi connectivity index (χ2n) is 10.9. The van der Waals surface area contributed by atoms with E-state index >= 15 is 0 Å². The molecule has 1 aromatic heterocycles. The van der Waals surface area contributed by atoms with E-state index in [1.54, 1.807) is 24.3 Å². The molecule has 2 aliphatic heterocycles. The van der Waals surface area contributed by atoms with E-state index in [1.165, 1.54) is 0 Å². The molecular formula is C32H37N5O3. The third-order valence-corrected chi connectivity index (χ3v) is 7.93. The van der Waals surface area contributed by atoms with E-state index in [4.69, 9.17) is 0 Å². The molecule has 1 saturated heterocycles. The summed E-state index contributed by atoms with van der Waals surface area (Å²) in [7, 11) is 2.07. The first-order valence-electron chi connectivity index (χ1n) is 14.0. The highest BCUT2D eigenvalue weighted by atomic mass is 16.2. The SMILES string of the molecule is CCC(NC(=O)c1ccc2c(c1)C(=Cc1[nH]c(C)c(C(=O)NC3CCCN(C)C3)c1C)C(=O)N2)c1ccccc1. The smallest absolute Gasteiger partial charge is 0.256 e. The predicted octanol–water partition coefficient (Wildman–Crippen LogP) is 4.83. The second kappa shape index (κ2) is 11.5. The van der Waals surface area contributed by atoms with Crippen molar-refractivity contribution in [1.82, 2.24) is 20.5 Å². The van der Waals surface area contributed by atoms with Crippen LogP contribution in [-0.2, 0) is 4.79 Å². The number of piperidine rings is 1. The first-order chi connectivity index (χ1) is 19.2. The van der Waals surface area contributed by atoms with Crippen molar-refractivity contribution in [2.75, 3.05) is 25.5 Å². The Morgan fingerprint density at radius 2 is 1.90 bits per heavy atom. The highest BCUT2D eigenvalue weighted by Gasteiger charge is 2.28. The zero-order chi connectivity index (χ0) is 28.4. The van der Waals surface area contributed by atoms with Gasteiger partial charge < -0.3 is 25.8 Å². The molecular weight excluding hydrogens is 502 g/mol. The molecule has 0 radical (unpaired) electrons. The molecule has 3 heterocycles. The lowest BCUT2D eigenvalue weighted by Gasteiger charge is -2.30. The van der Waals surface area contributed by atoms with Crippen LogP contribution in [0.4, 0.5) is 5.69 Å². The zero-order valence-corrected chi connectivity index (χ0v) is 23.6. The number of carbonyl (C=O) groups is 3. The Bertz CT molecular complexity index is 1470. The fraction of sp³-hybridized carbons (Fsp3) is 0.344. The summed E-state index contributed by atoms with van der Waals surface area (Å²) in [5.41, 5.74) is 6.14. The minimum atomic E-state index is -0.244. The number of rotatable bonds is 7. The molecule has 208 valence electrons. The summed E-state index contributed by atoms with van der Waals surface area (Å²) in [6.07, 6.45) is 4.55. The molecule has 0 saturated carbocycles. The van der Waals surface area contributed by atoms with Gasteiger partial charge in [-0.15, -0.1) is 0 Å². The molecule has 8 heteroatoms. The molecule has 3 amide bonds. The molecule has 2 aromatic carbocycles. The fourth-order valence-corrected chi connectivity index (χ4v) is 5.77. The van der Waals surface area contributed by atoms with Crippen LogP contribution in [0.25, 0.3) is 11.6 Å². The number of likely N-dealkylation sites (N-methyl/N-ethyl adjacent to an activating group) is 1. The van der Waals surface area contributed by atoms with Crippen LogP contribution < -0.4 is 16.0 Å². The molecule has 0 spiro atoms. The first-order valence-corrected chi connectivity index (χ1v) is 14.0. The Balaban J connectivity index is 1.39. The number of fused-ring (bicyclic) bond motifs is 1. The molecule has 4 N–H and O–H groups in total. The number of anilines is 1. The van der Waals surface area contributed by atoms with E-state index in [1.807, 2.05) is 51.1 Å². The summed E-state index contributed by atoms with van der Waals surface area (Å²) in [4.78, 5) is 44.9. The highest BCUT2D eigenvalue weighted by molar-refractivity contribution is 6.35. The Labute approximate surface area is 235 Å². The molecule has 0 aliphatic carbocycles. The summed E-state index contributed by atoms with van der Waals surface area (Å²) in [6, 6.07) is 15.1. The van der Waals surface area contributed by atoms with Crippen LogP contribution in [0.5, 0.6) is 0 Å². The van der Waals surface area contributed by atoms with Gasteiger partial charge in [0.1, 0.15) is 0 Å². The minimum Gasteiger partial charge on any atom is -0.358 e. The molecule has 8 nitrogen and oxygen atoms in total. The van der Waals surface area contributed by atoms with Crippen molar-refractivity contribution in [2.24, 2.45) is 0 Å². The Morgan fingerprint density at radius 1 is 1.12 bits per heavy atom. The quantitative estimate of drug-likeness (QED) is 0.323. The van der Waals surface area contributed by atoms with Crippen molar-refractivity contribution in [3.8, 4) is 0 Å². The van der Waals surface area contributed by atoms with Crippen molar-refractivity contribution in [3.63, 3.8) is 0 Å². The van der Waals surface area contributed by atoms with E-state index in [0.717, 1.165) is 49.2 Å². The van der Waals surface area contributed by atoms with Gasteiger partial charge in [-0.3, -0.25) is 14.4 Å². The van der Waals surface area contributed by atoms with Gasteiger partial charge in [0.2, 0.25) is 0 Å². The van der Waals surface area contributed by atoms with E-state index < -0.39 is 0 Å². The van der Waals surface area contributed by atoms with Crippen LogP contribution in [0.3, 0.4) is 0 Å². The molecule has 0 bridgehead atoms. The van der Waals surface area contributed by atoms with Crippen LogP contribution in [0.15, 0.2) is 48.5 Å². The number of aryl methyl sites for hydroxylation is 1. The van der Waals surface area contributed by atoms with Crippen LogP contribution in [0.2, 0.25) is 0 Å². The number of amides is 3. The first kappa shape index (κ1) is 27.4. The van der Waals surface area contributed by atoms with Gasteiger partial charge in [0, 0.05) is 40.8 Å². The highest BCUT2D eigenvalue weighted by Crippen LogP contribution is 2.35. The largest absolute Gasteiger partial charge is 0.358 e. The van der Waals surface area contributed by atoms with Gasteiger partial charge >= 0.3 is 0 Å². The van der Waals surface area contributed by atoms with Crippen molar-refractivity contribution in [3.05, 3.63) is 87.7 Å². The average molecular weight is 540 g/mol. The van der Waals surface area contributed by atoms with Gasteiger partial charge in [0.05, 0.1) is 17.2 Å². The number of carbonyl (C=O) groups excluding carboxylic acids is 3. The minimum absolute atomic E-state index is 0.102. The van der Waals surface area contributed by atoms with Crippen molar-refractivity contribution < 1.29 is 14.4 Å². The van der Waals surface area contributed by atoms with Gasteiger partial charge in [0.15, 0.2) is 0 Å². The monoisotopic (exact) mass is 539 g/mol. The van der Waals surface area contributed by atoms with Crippen molar-refractivity contribution in [2.45, 2.75) is 52.1 Å². The van der Waals surface area contributed by atoms with Gasteiger partial charge in [-0.25, -0.2) is 0 Å². The van der Waals surface area contributed by atoms with Crippen molar-refractivity contribution >= 4 is 35.1 Å². The van der Waals surface area contributed by atoms with Crippen LogP contribution in [-0.4, -0.2) is 53.8 Å². The third-order valence-electron chi connectivity index (χ3n) is 7.93. The standard InChI is InChI=1S/C32H37N5O3/c1-5-26(21-10-7-6-8-11-21)35-30(38)22-13-14-27-24(16-22)25(31(39)36-27)17-28-19(2)29(20(3)33-28)32(40)34-23-12-9-15-37(4)18-23/h6-8,10-11,13-14,16-17,23,26,33H,5,9,12,15,18H2,1-4H3,(H,34,40)(H,35,38)(H,36,39). The summed E-state index contributed by atoms with van der Waals surface area (Å²) in [5, 5.41) is 9.20. The average Bonchev–Trinajstić information content (AvgIpc) is 3.41. The van der Waals surface area contributed by atoms with E-state index in [9.17, 15) is 14.4 Å². The number of aromatic amines is 1. The van der Waals surface area contributed by atoms with Crippen molar-refractivity contribution in [1.29, 1.82) is 0 Å². The van der Waals surface area contributed by atoms with Gasteiger partial charge in [-0.2, -0.15) is 0 Å². The van der Waals surface area contributed by atoms with E-state index in [-0.39, 0.29) is 29.8 Å². The fourth-order valence-electron chi connectivity index (χ4n) is 5.77. The molecule has 40 heavy (non-hydrogen) atoms. The lowest BCUT2D eigenvalue weighted by atomic mass is 10.00. The summed E-state index contributed by atoms with van der Waals surface area (Å²) >= 11 is 0. The van der Waals surface area contributed by atoms with Gasteiger partial charge in [-0.05, 0) is 82.1 Å². The number of H-pyrrole nitrogens is 1. The number of nitrogens with one attached hydrogen (secondary N) is 4. The topological polar surface area (TPSA) is 106 Å². The summed E-state index contributed by atoms with van der Waals surface area (Å²) < 4.78 is 0. The molecule has 2 atom stereocenters. The molecule has 3 aromatic rings. The summed E-state index contributed by atoms with van der Waals surface area (Å²) in [5.74, 6) is -0.544. The van der Waals surface area contributed by atoms with E-state index in [0.29, 0.717) is 33.6 Å². The number of nitrogens with zero attached hydrogens (tertiary/aromatic N) is 1. The van der Waals surface area contributed by atoms with E-state index in [2.05, 4.69) is 32.9 Å². The number of benzene rings is 2. The predicted molar refractivity (Wildman–Crippen MR) is 158 cm³/mol. The van der Waals surface area contributed by atoms with Crippen LogP contribution in [0, 0.1) is 13.8 Å². The maximum atomic E-state index is 13.2. The lowest BCUT2D eigenvalue weighted by Crippen LogP contribution is -2.46. The number of likely N-dealkylation sites (tertiary alicyclic amines) is 1. The maximum absolute atomic E-state index is 13.2.